The minimum Gasteiger partial charge on any atom is -0.464 e. The van der Waals surface area contributed by atoms with Crippen LogP contribution in [0.25, 0.3) is 0 Å². The van der Waals surface area contributed by atoms with Crippen LogP contribution < -0.4 is 10.2 Å². The first-order chi connectivity index (χ1) is 9.65. The van der Waals surface area contributed by atoms with Crippen LogP contribution in [0.2, 0.25) is 0 Å². The molecule has 1 N–H and O–H groups in total. The molecule has 1 atom stereocenters. The molecule has 2 rings (SSSR count). The highest BCUT2D eigenvalue weighted by Gasteiger charge is 2.26. The molecule has 1 amide bonds. The summed E-state index contributed by atoms with van der Waals surface area (Å²) in [6, 6.07) is 0. The third kappa shape index (κ3) is 3.04. The van der Waals surface area contributed by atoms with Gasteiger partial charge in [0.15, 0.2) is 5.69 Å². The number of esters is 1. The SMILES string of the molecule is CNC(=O)C1CCCN(c2cncc(C(=O)OC)n2)C1. The van der Waals surface area contributed by atoms with Crippen LogP contribution in [-0.2, 0) is 9.53 Å². The number of rotatable bonds is 3. The highest BCUT2D eigenvalue weighted by Crippen LogP contribution is 2.21. The maximum Gasteiger partial charge on any atom is 0.358 e. The Bertz CT molecular complexity index is 506. The third-order valence-corrected chi connectivity index (χ3v) is 3.38. The van der Waals surface area contributed by atoms with Crippen LogP contribution in [0.1, 0.15) is 23.3 Å². The number of piperidine rings is 1. The Hall–Kier alpha value is -2.18. The first-order valence-corrected chi connectivity index (χ1v) is 6.52. The quantitative estimate of drug-likeness (QED) is 0.797. The van der Waals surface area contributed by atoms with Crippen LogP contribution in [0.15, 0.2) is 12.4 Å². The predicted molar refractivity (Wildman–Crippen MR) is 72.4 cm³/mol. The zero-order chi connectivity index (χ0) is 14.5. The normalized spacial score (nSPS) is 18.5. The summed E-state index contributed by atoms with van der Waals surface area (Å²) in [6.07, 6.45) is 4.73. The van der Waals surface area contributed by atoms with E-state index in [4.69, 9.17) is 0 Å². The molecule has 1 unspecified atom stereocenters. The van der Waals surface area contributed by atoms with Gasteiger partial charge in [-0.3, -0.25) is 9.78 Å². The van der Waals surface area contributed by atoms with E-state index >= 15 is 0 Å². The van der Waals surface area contributed by atoms with Crippen LogP contribution in [0, 0.1) is 5.92 Å². The number of nitrogens with one attached hydrogen (secondary N) is 1. The second-order valence-corrected chi connectivity index (χ2v) is 4.65. The van der Waals surface area contributed by atoms with Gasteiger partial charge in [-0.25, -0.2) is 9.78 Å². The minimum absolute atomic E-state index is 0.0341. The van der Waals surface area contributed by atoms with Gasteiger partial charge in [-0.2, -0.15) is 0 Å². The Balaban J connectivity index is 2.14. The number of amides is 1. The molecule has 0 aliphatic carbocycles. The van der Waals surface area contributed by atoms with Crippen molar-refractivity contribution in [1.29, 1.82) is 0 Å². The summed E-state index contributed by atoms with van der Waals surface area (Å²) in [5, 5.41) is 2.67. The van der Waals surface area contributed by atoms with E-state index in [2.05, 4.69) is 20.0 Å². The van der Waals surface area contributed by atoms with Crippen molar-refractivity contribution < 1.29 is 14.3 Å². The molecule has 7 heteroatoms. The average molecular weight is 278 g/mol. The molecule has 108 valence electrons. The van der Waals surface area contributed by atoms with E-state index in [1.165, 1.54) is 13.3 Å². The molecule has 0 saturated carbocycles. The summed E-state index contributed by atoms with van der Waals surface area (Å²) < 4.78 is 4.63. The molecule has 0 bridgehead atoms. The monoisotopic (exact) mass is 278 g/mol. The lowest BCUT2D eigenvalue weighted by Gasteiger charge is -2.32. The van der Waals surface area contributed by atoms with Gasteiger partial charge in [0.25, 0.3) is 0 Å². The molecule has 1 aliphatic heterocycles. The Morgan fingerprint density at radius 2 is 2.25 bits per heavy atom. The zero-order valence-electron chi connectivity index (χ0n) is 11.6. The van der Waals surface area contributed by atoms with Crippen LogP contribution in [-0.4, -0.2) is 49.1 Å². The molecule has 1 aromatic rings. The molecule has 1 aromatic heterocycles. The number of carbonyl (C=O) groups is 2. The lowest BCUT2D eigenvalue weighted by molar-refractivity contribution is -0.124. The Labute approximate surface area is 117 Å². The van der Waals surface area contributed by atoms with E-state index in [0.717, 1.165) is 19.4 Å². The molecule has 7 nitrogen and oxygen atoms in total. The predicted octanol–water partition coefficient (Wildman–Crippen LogP) is 0.226. The second kappa shape index (κ2) is 6.31. The number of hydrogen-bond acceptors (Lipinski definition) is 6. The van der Waals surface area contributed by atoms with Gasteiger partial charge in [-0.15, -0.1) is 0 Å². The van der Waals surface area contributed by atoms with E-state index in [-0.39, 0.29) is 17.5 Å². The number of methoxy groups -OCH3 is 1. The van der Waals surface area contributed by atoms with Crippen molar-refractivity contribution in [3.63, 3.8) is 0 Å². The van der Waals surface area contributed by atoms with E-state index in [9.17, 15) is 9.59 Å². The molecular weight excluding hydrogens is 260 g/mol. The Morgan fingerprint density at radius 3 is 2.95 bits per heavy atom. The number of nitrogens with zero attached hydrogens (tertiary/aromatic N) is 3. The van der Waals surface area contributed by atoms with E-state index in [1.807, 2.05) is 4.90 Å². The highest BCUT2D eigenvalue weighted by atomic mass is 16.5. The smallest absolute Gasteiger partial charge is 0.358 e. The summed E-state index contributed by atoms with van der Waals surface area (Å²) in [7, 11) is 2.94. The standard InChI is InChI=1S/C13H18N4O3/c1-14-12(18)9-4-3-5-17(8-9)11-7-15-6-10(16-11)13(19)20-2/h6-7,9H,3-5,8H2,1-2H3,(H,14,18). The van der Waals surface area contributed by atoms with Crippen molar-refractivity contribution in [2.24, 2.45) is 5.92 Å². The van der Waals surface area contributed by atoms with Crippen molar-refractivity contribution >= 4 is 17.7 Å². The highest BCUT2D eigenvalue weighted by molar-refractivity contribution is 5.87. The number of anilines is 1. The number of carbonyl (C=O) groups excluding carboxylic acids is 2. The van der Waals surface area contributed by atoms with Crippen molar-refractivity contribution in [2.45, 2.75) is 12.8 Å². The topological polar surface area (TPSA) is 84.4 Å². The number of ether oxygens (including phenoxy) is 1. The van der Waals surface area contributed by atoms with Crippen molar-refractivity contribution in [1.82, 2.24) is 15.3 Å². The number of aromatic nitrogens is 2. The lowest BCUT2D eigenvalue weighted by Crippen LogP contribution is -2.42. The van der Waals surface area contributed by atoms with Gasteiger partial charge in [0.1, 0.15) is 5.82 Å². The van der Waals surface area contributed by atoms with Crippen LogP contribution in [0.3, 0.4) is 0 Å². The summed E-state index contributed by atoms with van der Waals surface area (Å²) in [5.74, 6) is 0.0600. The van der Waals surface area contributed by atoms with Gasteiger partial charge in [0, 0.05) is 20.1 Å². The first kappa shape index (κ1) is 14.2. The third-order valence-electron chi connectivity index (χ3n) is 3.38. The minimum atomic E-state index is -0.515. The second-order valence-electron chi connectivity index (χ2n) is 4.65. The lowest BCUT2D eigenvalue weighted by atomic mass is 9.97. The van der Waals surface area contributed by atoms with Gasteiger partial charge in [-0.1, -0.05) is 0 Å². The molecular formula is C13H18N4O3. The zero-order valence-corrected chi connectivity index (χ0v) is 11.6. The molecule has 20 heavy (non-hydrogen) atoms. The Kier molecular flexibility index (Phi) is 4.49. The summed E-state index contributed by atoms with van der Waals surface area (Å²) in [6.45, 7) is 1.38. The fourth-order valence-corrected chi connectivity index (χ4v) is 2.31. The van der Waals surface area contributed by atoms with E-state index in [1.54, 1.807) is 13.2 Å². The van der Waals surface area contributed by atoms with E-state index in [0.29, 0.717) is 12.4 Å². The van der Waals surface area contributed by atoms with Crippen LogP contribution in [0.4, 0.5) is 5.82 Å². The first-order valence-electron chi connectivity index (χ1n) is 6.52. The maximum atomic E-state index is 11.7. The van der Waals surface area contributed by atoms with Gasteiger partial charge in [0.2, 0.25) is 5.91 Å². The molecule has 2 heterocycles. The summed E-state index contributed by atoms with van der Waals surface area (Å²) in [5.41, 5.74) is 0.173. The summed E-state index contributed by atoms with van der Waals surface area (Å²) in [4.78, 5) is 33.4. The van der Waals surface area contributed by atoms with E-state index < -0.39 is 5.97 Å². The molecule has 1 aliphatic rings. The molecule has 0 radical (unpaired) electrons. The fraction of sp³-hybridized carbons (Fsp3) is 0.538. The number of hydrogen-bond donors (Lipinski definition) is 1. The van der Waals surface area contributed by atoms with Gasteiger partial charge < -0.3 is 15.0 Å². The Morgan fingerprint density at radius 1 is 1.45 bits per heavy atom. The van der Waals surface area contributed by atoms with Crippen molar-refractivity contribution in [3.8, 4) is 0 Å². The summed E-state index contributed by atoms with van der Waals surface area (Å²) >= 11 is 0. The average Bonchev–Trinajstić information content (AvgIpc) is 2.53. The van der Waals surface area contributed by atoms with Crippen LogP contribution >= 0.6 is 0 Å². The molecule has 1 fully saturated rings. The van der Waals surface area contributed by atoms with Gasteiger partial charge in [-0.05, 0) is 12.8 Å². The fourth-order valence-electron chi connectivity index (χ4n) is 2.31. The molecule has 1 saturated heterocycles. The van der Waals surface area contributed by atoms with Crippen molar-refractivity contribution in [3.05, 3.63) is 18.1 Å². The van der Waals surface area contributed by atoms with Gasteiger partial charge >= 0.3 is 5.97 Å². The van der Waals surface area contributed by atoms with Crippen LogP contribution in [0.5, 0.6) is 0 Å². The molecule has 0 aromatic carbocycles. The maximum absolute atomic E-state index is 11.7. The largest absolute Gasteiger partial charge is 0.464 e. The molecule has 0 spiro atoms. The van der Waals surface area contributed by atoms with Gasteiger partial charge in [0.05, 0.1) is 25.4 Å². The van der Waals surface area contributed by atoms with Crippen molar-refractivity contribution in [2.75, 3.05) is 32.1 Å².